The van der Waals surface area contributed by atoms with Crippen LogP contribution in [0.1, 0.15) is 17.3 Å². The molecule has 0 aliphatic rings. The van der Waals surface area contributed by atoms with Gasteiger partial charge in [-0.3, -0.25) is 10.5 Å². The fraction of sp³-hybridized carbons (Fsp3) is 0.143. The number of aryl methyl sites for hydroxylation is 1. The van der Waals surface area contributed by atoms with E-state index in [1.54, 1.807) is 21.8 Å². The van der Waals surface area contributed by atoms with Crippen LogP contribution in [0.5, 0.6) is 0 Å². The standard InChI is InChI=1S/C14H15ClN6/c1-20-14(12(15)8-17-20)13(19-16)10-7-18-21(9-10)11-5-3-2-4-6-11/h2-9,13,19H,16H2,1H3. The molecule has 3 aromatic rings. The van der Waals surface area contributed by atoms with Crippen molar-refractivity contribution in [2.75, 3.05) is 0 Å². The van der Waals surface area contributed by atoms with Crippen molar-refractivity contribution in [3.05, 3.63) is 65.2 Å². The van der Waals surface area contributed by atoms with Crippen LogP contribution >= 0.6 is 11.6 Å². The highest BCUT2D eigenvalue weighted by Crippen LogP contribution is 2.27. The molecule has 3 rings (SSSR count). The first-order valence-corrected chi connectivity index (χ1v) is 6.82. The van der Waals surface area contributed by atoms with E-state index in [1.165, 1.54) is 0 Å². The topological polar surface area (TPSA) is 73.7 Å². The quantitative estimate of drug-likeness (QED) is 0.569. The summed E-state index contributed by atoms with van der Waals surface area (Å²) in [6, 6.07) is 9.59. The number of nitrogens with one attached hydrogen (secondary N) is 1. The minimum atomic E-state index is -0.275. The first-order valence-electron chi connectivity index (χ1n) is 6.44. The SMILES string of the molecule is Cn1ncc(Cl)c1C(NN)c1cnn(-c2ccccc2)c1. The zero-order chi connectivity index (χ0) is 14.8. The summed E-state index contributed by atoms with van der Waals surface area (Å²) >= 11 is 6.19. The monoisotopic (exact) mass is 302 g/mol. The molecular weight excluding hydrogens is 288 g/mol. The summed E-state index contributed by atoms with van der Waals surface area (Å²) in [7, 11) is 1.83. The Bertz CT molecular complexity index is 714. The molecule has 0 radical (unpaired) electrons. The van der Waals surface area contributed by atoms with E-state index >= 15 is 0 Å². The molecular formula is C14H15ClN6. The summed E-state index contributed by atoms with van der Waals surface area (Å²) in [5.41, 5.74) is 5.46. The molecule has 1 atom stereocenters. The summed E-state index contributed by atoms with van der Waals surface area (Å²) in [4.78, 5) is 0. The number of nitrogens with zero attached hydrogens (tertiary/aromatic N) is 4. The maximum absolute atomic E-state index is 6.19. The van der Waals surface area contributed by atoms with Crippen LogP contribution in [0.4, 0.5) is 0 Å². The molecule has 21 heavy (non-hydrogen) atoms. The van der Waals surface area contributed by atoms with E-state index in [0.29, 0.717) is 5.02 Å². The van der Waals surface area contributed by atoms with Gasteiger partial charge in [0.1, 0.15) is 0 Å². The van der Waals surface area contributed by atoms with Gasteiger partial charge in [0.15, 0.2) is 0 Å². The van der Waals surface area contributed by atoms with E-state index in [4.69, 9.17) is 17.4 Å². The number of nitrogens with two attached hydrogens (primary N) is 1. The molecule has 0 fully saturated rings. The summed E-state index contributed by atoms with van der Waals surface area (Å²) < 4.78 is 3.50. The third kappa shape index (κ3) is 2.56. The zero-order valence-corrected chi connectivity index (χ0v) is 12.2. The fourth-order valence-corrected chi connectivity index (χ4v) is 2.56. The average molecular weight is 303 g/mol. The van der Waals surface area contributed by atoms with E-state index in [-0.39, 0.29) is 6.04 Å². The van der Waals surface area contributed by atoms with Crippen LogP contribution in [0.15, 0.2) is 48.9 Å². The van der Waals surface area contributed by atoms with Crippen LogP contribution in [-0.4, -0.2) is 19.6 Å². The number of benzene rings is 1. The van der Waals surface area contributed by atoms with Gasteiger partial charge in [-0.1, -0.05) is 29.8 Å². The van der Waals surface area contributed by atoms with Gasteiger partial charge in [-0.2, -0.15) is 10.2 Å². The van der Waals surface area contributed by atoms with E-state index < -0.39 is 0 Å². The summed E-state index contributed by atoms with van der Waals surface area (Å²) in [6.07, 6.45) is 5.28. The van der Waals surface area contributed by atoms with Gasteiger partial charge in [0.2, 0.25) is 0 Å². The first kappa shape index (κ1) is 13.8. The van der Waals surface area contributed by atoms with Crippen molar-refractivity contribution in [2.45, 2.75) is 6.04 Å². The Labute approximate surface area is 127 Å². The largest absolute Gasteiger partial charge is 0.271 e. The van der Waals surface area contributed by atoms with Gasteiger partial charge < -0.3 is 0 Å². The second-order valence-corrected chi connectivity index (χ2v) is 5.06. The summed E-state index contributed by atoms with van der Waals surface area (Å²) in [5, 5.41) is 9.07. The highest BCUT2D eigenvalue weighted by atomic mass is 35.5. The molecule has 2 heterocycles. The van der Waals surface area contributed by atoms with Crippen LogP contribution in [0, 0.1) is 0 Å². The maximum atomic E-state index is 6.19. The van der Waals surface area contributed by atoms with Crippen molar-refractivity contribution in [1.82, 2.24) is 25.0 Å². The summed E-state index contributed by atoms with van der Waals surface area (Å²) in [6.45, 7) is 0. The van der Waals surface area contributed by atoms with Gasteiger partial charge in [-0.25, -0.2) is 10.1 Å². The Morgan fingerprint density at radius 3 is 2.57 bits per heavy atom. The molecule has 0 amide bonds. The number of hydrogen-bond donors (Lipinski definition) is 2. The van der Waals surface area contributed by atoms with Crippen molar-refractivity contribution in [3.8, 4) is 5.69 Å². The Balaban J connectivity index is 1.98. The molecule has 0 aliphatic heterocycles. The smallest absolute Gasteiger partial charge is 0.0923 e. The highest BCUT2D eigenvalue weighted by Gasteiger charge is 2.21. The van der Waals surface area contributed by atoms with Crippen LogP contribution in [0.2, 0.25) is 5.02 Å². The first-order chi connectivity index (χ1) is 10.2. The Morgan fingerprint density at radius 1 is 1.19 bits per heavy atom. The third-order valence-corrected chi connectivity index (χ3v) is 3.63. The van der Waals surface area contributed by atoms with Crippen LogP contribution in [0.3, 0.4) is 0 Å². The molecule has 1 aromatic carbocycles. The van der Waals surface area contributed by atoms with Gasteiger partial charge >= 0.3 is 0 Å². The molecule has 0 saturated heterocycles. The van der Waals surface area contributed by atoms with Crippen LogP contribution < -0.4 is 11.3 Å². The lowest BCUT2D eigenvalue weighted by Gasteiger charge is -2.15. The van der Waals surface area contributed by atoms with Gasteiger partial charge in [-0.05, 0) is 12.1 Å². The maximum Gasteiger partial charge on any atom is 0.0923 e. The molecule has 0 spiro atoms. The second-order valence-electron chi connectivity index (χ2n) is 4.65. The molecule has 108 valence electrons. The van der Waals surface area contributed by atoms with Crippen LogP contribution in [0.25, 0.3) is 5.69 Å². The number of aromatic nitrogens is 4. The van der Waals surface area contributed by atoms with E-state index in [2.05, 4.69) is 15.6 Å². The molecule has 0 aliphatic carbocycles. The zero-order valence-electron chi connectivity index (χ0n) is 11.4. The second kappa shape index (κ2) is 5.69. The Morgan fingerprint density at radius 2 is 1.95 bits per heavy atom. The van der Waals surface area contributed by atoms with Gasteiger partial charge in [0.05, 0.1) is 34.8 Å². The molecule has 0 saturated carbocycles. The lowest BCUT2D eigenvalue weighted by atomic mass is 10.1. The number of para-hydroxylation sites is 1. The van der Waals surface area contributed by atoms with Gasteiger partial charge in [0.25, 0.3) is 0 Å². The average Bonchev–Trinajstić information content (AvgIpc) is 3.11. The summed E-state index contributed by atoms with van der Waals surface area (Å²) in [5.74, 6) is 5.69. The van der Waals surface area contributed by atoms with Crippen molar-refractivity contribution in [1.29, 1.82) is 0 Å². The number of hydrazine groups is 1. The van der Waals surface area contributed by atoms with Crippen molar-refractivity contribution in [3.63, 3.8) is 0 Å². The van der Waals surface area contributed by atoms with Crippen molar-refractivity contribution in [2.24, 2.45) is 12.9 Å². The lowest BCUT2D eigenvalue weighted by Crippen LogP contribution is -2.30. The Kier molecular flexibility index (Phi) is 3.74. The predicted molar refractivity (Wildman–Crippen MR) is 80.9 cm³/mol. The molecule has 2 aromatic heterocycles. The molecule has 0 bridgehead atoms. The van der Waals surface area contributed by atoms with Crippen molar-refractivity contribution < 1.29 is 0 Å². The third-order valence-electron chi connectivity index (χ3n) is 3.33. The normalized spacial score (nSPS) is 12.5. The fourth-order valence-electron chi connectivity index (χ4n) is 2.29. The Hall–Kier alpha value is -2.15. The minimum Gasteiger partial charge on any atom is -0.271 e. The van der Waals surface area contributed by atoms with E-state index in [9.17, 15) is 0 Å². The van der Waals surface area contributed by atoms with E-state index in [0.717, 1.165) is 16.9 Å². The highest BCUT2D eigenvalue weighted by molar-refractivity contribution is 6.31. The molecule has 3 N–H and O–H groups in total. The van der Waals surface area contributed by atoms with Gasteiger partial charge in [-0.15, -0.1) is 0 Å². The van der Waals surface area contributed by atoms with E-state index in [1.807, 2.05) is 43.6 Å². The number of halogens is 1. The van der Waals surface area contributed by atoms with Crippen molar-refractivity contribution >= 4 is 11.6 Å². The molecule has 1 unspecified atom stereocenters. The number of hydrogen-bond acceptors (Lipinski definition) is 4. The minimum absolute atomic E-state index is 0.275. The predicted octanol–water partition coefficient (Wildman–Crippen LogP) is 1.81. The lowest BCUT2D eigenvalue weighted by molar-refractivity contribution is 0.575. The molecule has 7 heteroatoms. The van der Waals surface area contributed by atoms with Crippen LogP contribution in [-0.2, 0) is 7.05 Å². The number of rotatable bonds is 4. The molecule has 6 nitrogen and oxygen atoms in total. The van der Waals surface area contributed by atoms with Gasteiger partial charge in [0, 0.05) is 18.8 Å².